The molecule has 4 heteroatoms. The van der Waals surface area contributed by atoms with Gasteiger partial charge >= 0.3 is 5.97 Å². The van der Waals surface area contributed by atoms with Crippen molar-refractivity contribution in [2.24, 2.45) is 5.41 Å². The Morgan fingerprint density at radius 2 is 2.07 bits per heavy atom. The van der Waals surface area contributed by atoms with Crippen molar-refractivity contribution < 1.29 is 15.0 Å². The molecule has 0 aliphatic carbocycles. The number of thioether (sulfide) groups is 1. The van der Waals surface area contributed by atoms with Gasteiger partial charge < -0.3 is 10.2 Å². The first-order chi connectivity index (χ1) is 6.52. The first-order valence-corrected chi connectivity index (χ1v) is 6.21. The van der Waals surface area contributed by atoms with Crippen LogP contribution in [-0.4, -0.2) is 33.3 Å². The zero-order valence-electron chi connectivity index (χ0n) is 8.75. The number of rotatable bonds is 4. The maximum Gasteiger partial charge on any atom is 0.313 e. The van der Waals surface area contributed by atoms with Crippen LogP contribution in [0.1, 0.15) is 33.1 Å². The lowest BCUT2D eigenvalue weighted by molar-refractivity contribution is -0.167. The Hall–Kier alpha value is -0.220. The van der Waals surface area contributed by atoms with Crippen molar-refractivity contribution in [3.8, 4) is 0 Å². The van der Waals surface area contributed by atoms with E-state index in [-0.39, 0.29) is 0 Å². The van der Waals surface area contributed by atoms with Crippen LogP contribution in [0.25, 0.3) is 0 Å². The summed E-state index contributed by atoms with van der Waals surface area (Å²) >= 11 is 1.63. The van der Waals surface area contributed by atoms with Gasteiger partial charge in [0.05, 0.1) is 5.60 Å². The average molecular weight is 218 g/mol. The molecular formula is C10H18O3S. The largest absolute Gasteiger partial charge is 0.481 e. The molecule has 0 bridgehead atoms. The zero-order valence-corrected chi connectivity index (χ0v) is 9.56. The summed E-state index contributed by atoms with van der Waals surface area (Å²) in [7, 11) is 0. The van der Waals surface area contributed by atoms with Crippen molar-refractivity contribution in [1.82, 2.24) is 0 Å². The monoisotopic (exact) mass is 218 g/mol. The van der Waals surface area contributed by atoms with Crippen LogP contribution in [0.3, 0.4) is 0 Å². The van der Waals surface area contributed by atoms with E-state index in [4.69, 9.17) is 0 Å². The van der Waals surface area contributed by atoms with E-state index in [9.17, 15) is 15.0 Å². The second-order valence-corrected chi connectivity index (χ2v) is 5.03. The molecule has 1 atom stereocenters. The molecular weight excluding hydrogens is 200 g/mol. The molecule has 1 aliphatic rings. The summed E-state index contributed by atoms with van der Waals surface area (Å²) in [5.41, 5.74) is -1.95. The van der Waals surface area contributed by atoms with Gasteiger partial charge in [-0.2, -0.15) is 11.8 Å². The minimum atomic E-state index is -1.04. The number of hydrogen-bond donors (Lipinski definition) is 2. The topological polar surface area (TPSA) is 57.5 Å². The standard InChI is InChI=1S/C10H18O3S/c1-3-10(13,4-2)9(8(11)12)5-6-14-7-9/h13H,3-7H2,1-2H3,(H,11,12). The smallest absolute Gasteiger partial charge is 0.313 e. The highest BCUT2D eigenvalue weighted by Crippen LogP contribution is 2.47. The molecule has 0 aromatic rings. The SMILES string of the molecule is CCC(O)(CC)C1(C(=O)O)CCSC1. The fourth-order valence-electron chi connectivity index (χ4n) is 2.23. The molecule has 1 heterocycles. The number of carboxylic acid groups (broad SMARTS) is 1. The van der Waals surface area contributed by atoms with E-state index in [1.807, 2.05) is 13.8 Å². The summed E-state index contributed by atoms with van der Waals surface area (Å²) < 4.78 is 0. The summed E-state index contributed by atoms with van der Waals surface area (Å²) in [5.74, 6) is 0.545. The van der Waals surface area contributed by atoms with Crippen LogP contribution >= 0.6 is 11.8 Å². The molecule has 14 heavy (non-hydrogen) atoms. The fourth-order valence-corrected chi connectivity index (χ4v) is 3.75. The minimum Gasteiger partial charge on any atom is -0.481 e. The second-order valence-electron chi connectivity index (χ2n) is 3.93. The number of aliphatic hydroxyl groups is 1. The Balaban J connectivity index is 3.03. The third-order valence-electron chi connectivity index (χ3n) is 3.49. The van der Waals surface area contributed by atoms with Gasteiger partial charge in [0.1, 0.15) is 5.41 Å². The van der Waals surface area contributed by atoms with Gasteiger partial charge in [0, 0.05) is 5.75 Å². The Morgan fingerprint density at radius 3 is 2.36 bits per heavy atom. The van der Waals surface area contributed by atoms with Gasteiger partial charge in [0.2, 0.25) is 0 Å². The minimum absolute atomic E-state index is 0.510. The van der Waals surface area contributed by atoms with Crippen LogP contribution in [0.5, 0.6) is 0 Å². The highest BCUT2D eigenvalue weighted by Gasteiger charge is 2.55. The Labute approximate surface area is 88.9 Å². The first-order valence-electron chi connectivity index (χ1n) is 5.06. The second kappa shape index (κ2) is 4.11. The summed E-state index contributed by atoms with van der Waals surface area (Å²) in [6.07, 6.45) is 1.61. The van der Waals surface area contributed by atoms with E-state index in [0.29, 0.717) is 25.0 Å². The molecule has 82 valence electrons. The molecule has 0 spiro atoms. The van der Waals surface area contributed by atoms with Gasteiger partial charge in [-0.05, 0) is 25.0 Å². The lowest BCUT2D eigenvalue weighted by atomic mass is 9.68. The van der Waals surface area contributed by atoms with Gasteiger partial charge in [-0.15, -0.1) is 0 Å². The molecule has 0 aromatic carbocycles. The summed E-state index contributed by atoms with van der Waals surface area (Å²) in [4.78, 5) is 11.3. The number of aliphatic carboxylic acids is 1. The molecule has 0 amide bonds. The predicted octanol–water partition coefficient (Wildman–Crippen LogP) is 1.75. The molecule has 0 aromatic heterocycles. The Bertz CT molecular complexity index is 217. The van der Waals surface area contributed by atoms with Crippen LogP contribution in [0.2, 0.25) is 0 Å². The van der Waals surface area contributed by atoms with Crippen molar-refractivity contribution in [3.05, 3.63) is 0 Å². The molecule has 1 saturated heterocycles. The van der Waals surface area contributed by atoms with Crippen molar-refractivity contribution in [3.63, 3.8) is 0 Å². The van der Waals surface area contributed by atoms with Crippen LogP contribution in [-0.2, 0) is 4.79 Å². The molecule has 1 rings (SSSR count). The number of carbonyl (C=O) groups is 1. The molecule has 2 N–H and O–H groups in total. The third kappa shape index (κ3) is 1.54. The van der Waals surface area contributed by atoms with E-state index in [2.05, 4.69) is 0 Å². The third-order valence-corrected chi connectivity index (χ3v) is 4.68. The zero-order chi connectivity index (χ0) is 10.8. The Morgan fingerprint density at radius 1 is 1.50 bits per heavy atom. The maximum absolute atomic E-state index is 11.3. The summed E-state index contributed by atoms with van der Waals surface area (Å²) in [6, 6.07) is 0. The van der Waals surface area contributed by atoms with Crippen molar-refractivity contribution >= 4 is 17.7 Å². The van der Waals surface area contributed by atoms with Crippen LogP contribution in [0.4, 0.5) is 0 Å². The van der Waals surface area contributed by atoms with Crippen LogP contribution < -0.4 is 0 Å². The van der Waals surface area contributed by atoms with Crippen molar-refractivity contribution in [1.29, 1.82) is 0 Å². The van der Waals surface area contributed by atoms with Crippen LogP contribution in [0.15, 0.2) is 0 Å². The molecule has 1 unspecified atom stereocenters. The van der Waals surface area contributed by atoms with Gasteiger partial charge in [0.15, 0.2) is 0 Å². The first kappa shape index (κ1) is 11.9. The fraction of sp³-hybridized carbons (Fsp3) is 0.900. The van der Waals surface area contributed by atoms with Crippen molar-refractivity contribution in [2.75, 3.05) is 11.5 Å². The highest BCUT2D eigenvalue weighted by molar-refractivity contribution is 7.99. The summed E-state index contributed by atoms with van der Waals surface area (Å²) in [6.45, 7) is 3.72. The Kier molecular flexibility index (Phi) is 3.48. The van der Waals surface area contributed by atoms with Gasteiger partial charge in [-0.25, -0.2) is 0 Å². The van der Waals surface area contributed by atoms with Gasteiger partial charge in [-0.3, -0.25) is 4.79 Å². The van der Waals surface area contributed by atoms with E-state index >= 15 is 0 Å². The maximum atomic E-state index is 11.3. The molecule has 1 aliphatic heterocycles. The van der Waals surface area contributed by atoms with Crippen LogP contribution in [0, 0.1) is 5.41 Å². The highest BCUT2D eigenvalue weighted by atomic mass is 32.2. The number of carboxylic acids is 1. The summed E-state index contributed by atoms with van der Waals surface area (Å²) in [5, 5.41) is 19.6. The molecule has 3 nitrogen and oxygen atoms in total. The quantitative estimate of drug-likeness (QED) is 0.754. The average Bonchev–Trinajstić information content (AvgIpc) is 2.66. The molecule has 0 radical (unpaired) electrons. The van der Waals surface area contributed by atoms with E-state index in [1.165, 1.54) is 0 Å². The lowest BCUT2D eigenvalue weighted by Gasteiger charge is -2.40. The number of hydrogen-bond acceptors (Lipinski definition) is 3. The van der Waals surface area contributed by atoms with Gasteiger partial charge in [-0.1, -0.05) is 13.8 Å². The van der Waals surface area contributed by atoms with E-state index in [0.717, 1.165) is 5.75 Å². The van der Waals surface area contributed by atoms with E-state index in [1.54, 1.807) is 11.8 Å². The van der Waals surface area contributed by atoms with Gasteiger partial charge in [0.25, 0.3) is 0 Å². The van der Waals surface area contributed by atoms with E-state index < -0.39 is 17.0 Å². The lowest BCUT2D eigenvalue weighted by Crippen LogP contribution is -2.53. The molecule has 0 saturated carbocycles. The normalized spacial score (nSPS) is 27.9. The predicted molar refractivity (Wildman–Crippen MR) is 57.5 cm³/mol. The van der Waals surface area contributed by atoms with Crippen molar-refractivity contribution in [2.45, 2.75) is 38.7 Å². The molecule has 1 fully saturated rings.